The normalized spacial score (nSPS) is 14.0. The van der Waals surface area contributed by atoms with Gasteiger partial charge in [-0.3, -0.25) is 0 Å². The van der Waals surface area contributed by atoms with E-state index in [1.54, 1.807) is 0 Å². The Balaban J connectivity index is 2.15. The summed E-state index contributed by atoms with van der Waals surface area (Å²) in [5.41, 5.74) is 5.00. The molecule has 0 aliphatic heterocycles. The van der Waals surface area contributed by atoms with E-state index in [-0.39, 0.29) is 0 Å². The molecule has 0 bridgehead atoms. The molecular weight excluding hydrogens is 218 g/mol. The monoisotopic (exact) mass is 231 g/mol. The van der Waals surface area contributed by atoms with Crippen LogP contribution in [0.2, 0.25) is 0 Å². The maximum atomic E-state index is 4.86. The lowest BCUT2D eigenvalue weighted by atomic mass is 9.94. The largest absolute Gasteiger partial charge is 0.247 e. The minimum Gasteiger partial charge on any atom is -0.247 e. The second kappa shape index (κ2) is 3.67. The fourth-order valence-electron chi connectivity index (χ4n) is 2.77. The first-order chi connectivity index (χ1) is 8.92. The molecule has 86 valence electrons. The van der Waals surface area contributed by atoms with Crippen molar-refractivity contribution in [3.63, 3.8) is 0 Å². The van der Waals surface area contributed by atoms with E-state index in [0.717, 1.165) is 18.4 Å². The molecule has 0 N–H and O–H groups in total. The van der Waals surface area contributed by atoms with Gasteiger partial charge in [-0.1, -0.05) is 42.5 Å². The van der Waals surface area contributed by atoms with Crippen molar-refractivity contribution < 1.29 is 0 Å². The van der Waals surface area contributed by atoms with Crippen LogP contribution >= 0.6 is 0 Å². The molecule has 0 radical (unpaired) electrons. The number of hydrogen-bond donors (Lipinski definition) is 0. The van der Waals surface area contributed by atoms with Crippen molar-refractivity contribution in [3.8, 4) is 0 Å². The highest BCUT2D eigenvalue weighted by Gasteiger charge is 2.10. The van der Waals surface area contributed by atoms with Crippen LogP contribution in [0.3, 0.4) is 0 Å². The molecular formula is C17H13N. The number of fused-ring (bicyclic) bond motifs is 4. The highest BCUT2D eigenvalue weighted by atomic mass is 14.7. The number of nitrogens with zero attached hydrogens (tertiary/aromatic N) is 1. The predicted octanol–water partition coefficient (Wildman–Crippen LogP) is 4.35. The minimum atomic E-state index is 1.09. The standard InChI is InChI=1S/C17H13N/c1-3-7-15-12(5-1)9-10-14-11-13-6-2-4-8-16(13)18-17(14)15/h1-2,4-6,8-11H,3,7H2. The lowest BCUT2D eigenvalue weighted by molar-refractivity contribution is 0.993. The molecule has 1 nitrogen and oxygen atoms in total. The summed E-state index contributed by atoms with van der Waals surface area (Å²) in [4.78, 5) is 4.86. The molecule has 2 aromatic carbocycles. The van der Waals surface area contributed by atoms with E-state index in [1.807, 2.05) is 0 Å². The van der Waals surface area contributed by atoms with Crippen LogP contribution in [-0.2, 0) is 6.42 Å². The van der Waals surface area contributed by atoms with Gasteiger partial charge in [-0.2, -0.15) is 0 Å². The highest BCUT2D eigenvalue weighted by molar-refractivity contribution is 5.95. The zero-order valence-corrected chi connectivity index (χ0v) is 10.1. The van der Waals surface area contributed by atoms with Gasteiger partial charge < -0.3 is 0 Å². The van der Waals surface area contributed by atoms with Crippen LogP contribution in [0.1, 0.15) is 17.5 Å². The molecule has 0 saturated heterocycles. The summed E-state index contributed by atoms with van der Waals surface area (Å²) in [6.07, 6.45) is 6.69. The smallest absolute Gasteiger partial charge is 0.0747 e. The molecule has 0 saturated carbocycles. The van der Waals surface area contributed by atoms with Crippen LogP contribution in [0.25, 0.3) is 27.9 Å². The molecule has 1 heteroatoms. The first-order valence-corrected chi connectivity index (χ1v) is 6.40. The average Bonchev–Trinajstić information content (AvgIpc) is 2.45. The van der Waals surface area contributed by atoms with Gasteiger partial charge in [-0.05, 0) is 36.1 Å². The highest BCUT2D eigenvalue weighted by Crippen LogP contribution is 2.28. The van der Waals surface area contributed by atoms with Crippen LogP contribution in [-0.4, -0.2) is 4.98 Å². The molecule has 0 atom stereocenters. The van der Waals surface area contributed by atoms with Gasteiger partial charge >= 0.3 is 0 Å². The lowest BCUT2D eigenvalue weighted by Crippen LogP contribution is -1.97. The molecule has 18 heavy (non-hydrogen) atoms. The number of para-hydroxylation sites is 1. The summed E-state index contributed by atoms with van der Waals surface area (Å²) < 4.78 is 0. The van der Waals surface area contributed by atoms with Crippen LogP contribution in [0.15, 0.2) is 48.5 Å². The van der Waals surface area contributed by atoms with Crippen LogP contribution in [0.4, 0.5) is 0 Å². The Labute approximate surface area is 106 Å². The zero-order chi connectivity index (χ0) is 11.9. The molecule has 4 rings (SSSR count). The molecule has 1 heterocycles. The van der Waals surface area contributed by atoms with Crippen molar-refractivity contribution in [2.45, 2.75) is 12.8 Å². The van der Waals surface area contributed by atoms with E-state index >= 15 is 0 Å². The van der Waals surface area contributed by atoms with Gasteiger partial charge in [0.2, 0.25) is 0 Å². The maximum Gasteiger partial charge on any atom is 0.0747 e. The van der Waals surface area contributed by atoms with Crippen molar-refractivity contribution in [1.29, 1.82) is 0 Å². The van der Waals surface area contributed by atoms with Crippen LogP contribution in [0.5, 0.6) is 0 Å². The van der Waals surface area contributed by atoms with Crippen molar-refractivity contribution in [2.24, 2.45) is 0 Å². The third-order valence-corrected chi connectivity index (χ3v) is 3.69. The van der Waals surface area contributed by atoms with Crippen molar-refractivity contribution >= 4 is 27.9 Å². The van der Waals surface area contributed by atoms with Gasteiger partial charge in [0.25, 0.3) is 0 Å². The fourth-order valence-corrected chi connectivity index (χ4v) is 2.77. The number of aryl methyl sites for hydroxylation is 1. The molecule has 1 aliphatic carbocycles. The summed E-state index contributed by atoms with van der Waals surface area (Å²) in [6, 6.07) is 15.0. The number of benzene rings is 2. The van der Waals surface area contributed by atoms with Gasteiger partial charge in [-0.15, -0.1) is 0 Å². The molecule has 0 fully saturated rings. The van der Waals surface area contributed by atoms with E-state index in [9.17, 15) is 0 Å². The van der Waals surface area contributed by atoms with Gasteiger partial charge in [0.05, 0.1) is 11.0 Å². The molecule has 3 aromatic rings. The molecule has 0 unspecified atom stereocenters. The quantitative estimate of drug-likeness (QED) is 0.524. The topological polar surface area (TPSA) is 12.9 Å². The Morgan fingerprint density at radius 1 is 0.944 bits per heavy atom. The summed E-state index contributed by atoms with van der Waals surface area (Å²) in [5, 5.41) is 2.47. The molecule has 1 aliphatic rings. The number of allylic oxidation sites excluding steroid dienone is 1. The second-order valence-corrected chi connectivity index (χ2v) is 4.83. The van der Waals surface area contributed by atoms with Crippen LogP contribution in [0, 0.1) is 0 Å². The van der Waals surface area contributed by atoms with E-state index < -0.39 is 0 Å². The summed E-state index contributed by atoms with van der Waals surface area (Å²) in [5.74, 6) is 0. The zero-order valence-electron chi connectivity index (χ0n) is 10.1. The predicted molar refractivity (Wildman–Crippen MR) is 76.6 cm³/mol. The summed E-state index contributed by atoms with van der Waals surface area (Å²) in [7, 11) is 0. The van der Waals surface area contributed by atoms with E-state index in [4.69, 9.17) is 4.98 Å². The fraction of sp³-hybridized carbons (Fsp3) is 0.118. The SMILES string of the molecule is C1=Cc2ccc3cc4ccccc4nc3c2CC1. The van der Waals surface area contributed by atoms with Gasteiger partial charge in [0.15, 0.2) is 0 Å². The van der Waals surface area contributed by atoms with Crippen molar-refractivity contribution in [1.82, 2.24) is 4.98 Å². The minimum absolute atomic E-state index is 1.09. The van der Waals surface area contributed by atoms with E-state index in [0.29, 0.717) is 0 Å². The van der Waals surface area contributed by atoms with Crippen molar-refractivity contribution in [2.75, 3.05) is 0 Å². The Morgan fingerprint density at radius 2 is 1.89 bits per heavy atom. The van der Waals surface area contributed by atoms with E-state index in [1.165, 1.54) is 27.4 Å². The Kier molecular flexibility index (Phi) is 2.01. The lowest BCUT2D eigenvalue weighted by Gasteiger charge is -2.13. The number of pyridine rings is 1. The Morgan fingerprint density at radius 3 is 2.89 bits per heavy atom. The van der Waals surface area contributed by atoms with E-state index in [2.05, 4.69) is 54.6 Å². The summed E-state index contributed by atoms with van der Waals surface area (Å²) in [6.45, 7) is 0. The third kappa shape index (κ3) is 1.37. The number of aromatic nitrogens is 1. The Bertz CT molecular complexity index is 784. The molecule has 0 amide bonds. The van der Waals surface area contributed by atoms with Gasteiger partial charge in [0.1, 0.15) is 0 Å². The second-order valence-electron chi connectivity index (χ2n) is 4.83. The third-order valence-electron chi connectivity index (χ3n) is 3.69. The first kappa shape index (κ1) is 9.84. The number of rotatable bonds is 0. The maximum absolute atomic E-state index is 4.86. The van der Waals surface area contributed by atoms with Gasteiger partial charge in [0, 0.05) is 10.8 Å². The molecule has 0 spiro atoms. The average molecular weight is 231 g/mol. The number of hydrogen-bond acceptors (Lipinski definition) is 1. The summed E-state index contributed by atoms with van der Waals surface area (Å²) >= 11 is 0. The first-order valence-electron chi connectivity index (χ1n) is 6.40. The van der Waals surface area contributed by atoms with Crippen molar-refractivity contribution in [3.05, 3.63) is 59.7 Å². The van der Waals surface area contributed by atoms with Crippen LogP contribution < -0.4 is 0 Å². The molecule has 1 aromatic heterocycles. The van der Waals surface area contributed by atoms with Gasteiger partial charge in [-0.25, -0.2) is 4.98 Å². The Hall–Kier alpha value is -2.15.